The van der Waals surface area contributed by atoms with E-state index in [0.29, 0.717) is 5.56 Å². The first-order chi connectivity index (χ1) is 11.8. The van der Waals surface area contributed by atoms with Gasteiger partial charge in [0, 0.05) is 6.20 Å². The average molecular weight is 361 g/mol. The van der Waals surface area contributed by atoms with Crippen LogP contribution in [0.4, 0.5) is 10.1 Å². The van der Waals surface area contributed by atoms with Gasteiger partial charge in [-0.15, -0.1) is 0 Å². The molecule has 2 aromatic rings. The van der Waals surface area contributed by atoms with Crippen molar-refractivity contribution in [3.63, 3.8) is 0 Å². The molecule has 0 bridgehead atoms. The van der Waals surface area contributed by atoms with Crippen molar-refractivity contribution in [1.82, 2.24) is 0 Å². The average Bonchev–Trinajstić information content (AvgIpc) is 2.55. The molecule has 1 aliphatic rings. The summed E-state index contributed by atoms with van der Waals surface area (Å²) in [4.78, 5) is 11.8. The number of anilines is 1. The highest BCUT2D eigenvalue weighted by Crippen LogP contribution is 2.33. The molecule has 0 atom stereocenters. The van der Waals surface area contributed by atoms with Crippen LogP contribution in [-0.2, 0) is 14.8 Å². The number of rotatable bonds is 3. The maximum atomic E-state index is 14.5. The zero-order chi connectivity index (χ0) is 18.2. The van der Waals surface area contributed by atoms with Gasteiger partial charge in [0.25, 0.3) is 10.0 Å². The lowest BCUT2D eigenvalue weighted by atomic mass is 10.1. The lowest BCUT2D eigenvalue weighted by molar-refractivity contribution is 0.0526. The van der Waals surface area contributed by atoms with Crippen LogP contribution in [0.1, 0.15) is 28.4 Å². The molecule has 0 radical (unpaired) electrons. The van der Waals surface area contributed by atoms with Crippen molar-refractivity contribution >= 4 is 27.8 Å². The molecule has 25 heavy (non-hydrogen) atoms. The van der Waals surface area contributed by atoms with Crippen LogP contribution in [-0.4, -0.2) is 21.0 Å². The number of hydrogen-bond acceptors (Lipinski definition) is 4. The summed E-state index contributed by atoms with van der Waals surface area (Å²) in [6.45, 7) is 3.68. The number of esters is 1. The standard InChI is InChI=1S/C18H16FNO4S/c1-3-24-18(21)14-5-6-16(15(19)11-14)20-9-8-13-10-12(2)4-7-17(13)25(20,22)23/h4-11H,3H2,1-2H3. The molecule has 3 rings (SSSR count). The van der Waals surface area contributed by atoms with Crippen molar-refractivity contribution in [1.29, 1.82) is 0 Å². The second kappa shape index (κ2) is 6.33. The molecule has 0 fully saturated rings. The van der Waals surface area contributed by atoms with Gasteiger partial charge in [-0.3, -0.25) is 0 Å². The first-order valence-electron chi connectivity index (χ1n) is 7.64. The molecule has 7 heteroatoms. The third-order valence-electron chi connectivity index (χ3n) is 3.79. The SMILES string of the molecule is CCOC(=O)c1ccc(N2C=Cc3cc(C)ccc3S2(=O)=O)c(F)c1. The highest BCUT2D eigenvalue weighted by Gasteiger charge is 2.30. The number of ether oxygens (including phenoxy) is 1. The third-order valence-corrected chi connectivity index (χ3v) is 5.55. The van der Waals surface area contributed by atoms with E-state index in [0.717, 1.165) is 15.9 Å². The summed E-state index contributed by atoms with van der Waals surface area (Å²) in [5.74, 6) is -1.49. The maximum Gasteiger partial charge on any atom is 0.338 e. The maximum absolute atomic E-state index is 14.5. The zero-order valence-electron chi connectivity index (χ0n) is 13.7. The summed E-state index contributed by atoms with van der Waals surface area (Å²) in [6, 6.07) is 8.50. The Morgan fingerprint density at radius 1 is 1.20 bits per heavy atom. The Hall–Kier alpha value is -2.67. The number of benzene rings is 2. The number of fused-ring (bicyclic) bond motifs is 1. The number of nitrogens with zero attached hydrogens (tertiary/aromatic N) is 1. The molecule has 0 aromatic heterocycles. The predicted octanol–water partition coefficient (Wildman–Crippen LogP) is 3.49. The zero-order valence-corrected chi connectivity index (χ0v) is 14.5. The molecule has 130 valence electrons. The molecular weight excluding hydrogens is 345 g/mol. The van der Waals surface area contributed by atoms with Crippen molar-refractivity contribution in [2.45, 2.75) is 18.7 Å². The van der Waals surface area contributed by atoms with Gasteiger partial charge in [0.1, 0.15) is 5.82 Å². The van der Waals surface area contributed by atoms with Crippen LogP contribution in [0, 0.1) is 12.7 Å². The normalized spacial score (nSPS) is 14.9. The Labute approximate surface area is 145 Å². The fourth-order valence-corrected chi connectivity index (χ4v) is 4.11. The molecule has 0 saturated carbocycles. The lowest BCUT2D eigenvalue weighted by Crippen LogP contribution is -2.29. The van der Waals surface area contributed by atoms with Crippen LogP contribution >= 0.6 is 0 Å². The topological polar surface area (TPSA) is 63.7 Å². The van der Waals surface area contributed by atoms with E-state index in [1.807, 2.05) is 6.92 Å². The molecule has 0 unspecified atom stereocenters. The Morgan fingerprint density at radius 3 is 2.64 bits per heavy atom. The van der Waals surface area contributed by atoms with E-state index >= 15 is 0 Å². The highest BCUT2D eigenvalue weighted by molar-refractivity contribution is 7.93. The van der Waals surface area contributed by atoms with E-state index < -0.39 is 21.8 Å². The molecule has 0 spiro atoms. The number of aryl methyl sites for hydroxylation is 1. The number of sulfonamides is 1. The van der Waals surface area contributed by atoms with Crippen LogP contribution in [0.15, 0.2) is 47.5 Å². The van der Waals surface area contributed by atoms with Gasteiger partial charge < -0.3 is 4.74 Å². The Kier molecular flexibility index (Phi) is 4.34. The Balaban J connectivity index is 2.04. The molecule has 0 aliphatic carbocycles. The van der Waals surface area contributed by atoms with Crippen LogP contribution < -0.4 is 4.31 Å². The van der Waals surface area contributed by atoms with Crippen molar-refractivity contribution in [3.05, 3.63) is 65.1 Å². The van der Waals surface area contributed by atoms with Crippen molar-refractivity contribution in [2.24, 2.45) is 0 Å². The van der Waals surface area contributed by atoms with Crippen LogP contribution in [0.25, 0.3) is 6.08 Å². The van der Waals surface area contributed by atoms with Gasteiger partial charge in [-0.25, -0.2) is 21.9 Å². The van der Waals surface area contributed by atoms with E-state index in [1.165, 1.54) is 24.4 Å². The summed E-state index contributed by atoms with van der Waals surface area (Å²) < 4.78 is 45.8. The molecule has 1 aliphatic heterocycles. The smallest absolute Gasteiger partial charge is 0.338 e. The number of hydrogen-bond donors (Lipinski definition) is 0. The number of carbonyl (C=O) groups excluding carboxylic acids is 1. The van der Waals surface area contributed by atoms with Gasteiger partial charge in [0.15, 0.2) is 0 Å². The molecular formula is C18H16FNO4S. The van der Waals surface area contributed by atoms with Gasteiger partial charge >= 0.3 is 5.97 Å². The Morgan fingerprint density at radius 2 is 1.96 bits per heavy atom. The van der Waals surface area contributed by atoms with Gasteiger partial charge in [-0.2, -0.15) is 0 Å². The summed E-state index contributed by atoms with van der Waals surface area (Å²) >= 11 is 0. The van der Waals surface area contributed by atoms with Crippen LogP contribution in [0.2, 0.25) is 0 Å². The molecule has 2 aromatic carbocycles. The minimum absolute atomic E-state index is 0.0255. The van der Waals surface area contributed by atoms with E-state index in [-0.39, 0.29) is 22.8 Å². The molecule has 0 saturated heterocycles. The van der Waals surface area contributed by atoms with Crippen molar-refractivity contribution < 1.29 is 22.3 Å². The highest BCUT2D eigenvalue weighted by atomic mass is 32.2. The van der Waals surface area contributed by atoms with Gasteiger partial charge in [-0.1, -0.05) is 17.7 Å². The minimum Gasteiger partial charge on any atom is -0.462 e. The summed E-state index contributed by atoms with van der Waals surface area (Å²) in [5.41, 5.74) is 1.35. The summed E-state index contributed by atoms with van der Waals surface area (Å²) in [6.07, 6.45) is 2.92. The minimum atomic E-state index is -3.93. The fraction of sp³-hybridized carbons (Fsp3) is 0.167. The van der Waals surface area contributed by atoms with Crippen LogP contribution in [0.5, 0.6) is 0 Å². The quantitative estimate of drug-likeness (QED) is 0.785. The van der Waals surface area contributed by atoms with E-state index in [9.17, 15) is 17.6 Å². The van der Waals surface area contributed by atoms with Gasteiger partial charge in [0.2, 0.25) is 0 Å². The number of carbonyl (C=O) groups is 1. The fourth-order valence-electron chi connectivity index (χ4n) is 2.60. The molecule has 0 N–H and O–H groups in total. The van der Waals surface area contributed by atoms with Crippen molar-refractivity contribution in [2.75, 3.05) is 10.9 Å². The van der Waals surface area contributed by atoms with Crippen molar-refractivity contribution in [3.8, 4) is 0 Å². The van der Waals surface area contributed by atoms with E-state index in [2.05, 4.69) is 0 Å². The third kappa shape index (κ3) is 3.02. The second-order valence-electron chi connectivity index (χ2n) is 5.54. The summed E-state index contributed by atoms with van der Waals surface area (Å²) in [5, 5.41) is 0. The van der Waals surface area contributed by atoms with E-state index in [1.54, 1.807) is 25.1 Å². The lowest BCUT2D eigenvalue weighted by Gasteiger charge is -2.25. The second-order valence-corrected chi connectivity index (χ2v) is 7.33. The molecule has 5 nitrogen and oxygen atoms in total. The first kappa shape index (κ1) is 17.2. The first-order valence-corrected chi connectivity index (χ1v) is 9.08. The molecule has 0 amide bonds. The molecule has 1 heterocycles. The monoisotopic (exact) mass is 361 g/mol. The summed E-state index contributed by atoms with van der Waals surface area (Å²) in [7, 11) is -3.93. The van der Waals surface area contributed by atoms with E-state index in [4.69, 9.17) is 4.74 Å². The number of halogens is 1. The predicted molar refractivity (Wildman–Crippen MR) is 92.2 cm³/mol. The Bertz CT molecular complexity index is 983. The van der Waals surface area contributed by atoms with Gasteiger partial charge in [0.05, 0.1) is 22.8 Å². The largest absolute Gasteiger partial charge is 0.462 e. The van der Waals surface area contributed by atoms with Crippen LogP contribution in [0.3, 0.4) is 0 Å². The van der Waals surface area contributed by atoms with Gasteiger partial charge in [-0.05, 0) is 49.8 Å².